The van der Waals surface area contributed by atoms with Crippen LogP contribution in [0.1, 0.15) is 6.42 Å². The largest absolute Gasteiger partial charge is 0.391 e. The third kappa shape index (κ3) is 4.79. The molecule has 1 aliphatic rings. The third-order valence-electron chi connectivity index (χ3n) is 1.46. The standard InChI is InChI=1S/C6H10F3NO.ClH/c7-6(8,9)3-5-4-10-1-2-11-5;/h5,10H,1-4H2;1H. The van der Waals surface area contributed by atoms with Crippen LogP contribution in [-0.4, -0.2) is 32.0 Å². The lowest BCUT2D eigenvalue weighted by Crippen LogP contribution is -2.40. The van der Waals surface area contributed by atoms with Crippen molar-refractivity contribution < 1.29 is 17.9 Å². The maximum absolute atomic E-state index is 11.7. The highest BCUT2D eigenvalue weighted by Crippen LogP contribution is 2.23. The monoisotopic (exact) mass is 205 g/mol. The molecule has 1 fully saturated rings. The van der Waals surface area contributed by atoms with Gasteiger partial charge in [-0.15, -0.1) is 12.4 Å². The first-order valence-corrected chi connectivity index (χ1v) is 3.47. The Balaban J connectivity index is 0.00000121. The zero-order valence-corrected chi connectivity index (χ0v) is 7.17. The summed E-state index contributed by atoms with van der Waals surface area (Å²) in [6.07, 6.45) is -5.65. The Morgan fingerprint density at radius 2 is 2.08 bits per heavy atom. The van der Waals surface area contributed by atoms with E-state index in [4.69, 9.17) is 4.74 Å². The van der Waals surface area contributed by atoms with Gasteiger partial charge in [0, 0.05) is 13.1 Å². The molecule has 1 unspecified atom stereocenters. The van der Waals surface area contributed by atoms with Gasteiger partial charge in [-0.05, 0) is 0 Å². The number of alkyl halides is 3. The Hall–Kier alpha value is -0.0000000000000000416. The third-order valence-corrected chi connectivity index (χ3v) is 1.46. The van der Waals surface area contributed by atoms with Gasteiger partial charge < -0.3 is 10.1 Å². The highest BCUT2D eigenvalue weighted by atomic mass is 35.5. The second-order valence-electron chi connectivity index (χ2n) is 2.52. The normalized spacial score (nSPS) is 24.8. The number of ether oxygens (including phenoxy) is 1. The van der Waals surface area contributed by atoms with Crippen LogP contribution in [-0.2, 0) is 4.74 Å². The van der Waals surface area contributed by atoms with Gasteiger partial charge in [-0.3, -0.25) is 0 Å². The van der Waals surface area contributed by atoms with Crippen molar-refractivity contribution in [3.05, 3.63) is 0 Å². The van der Waals surface area contributed by atoms with Gasteiger partial charge in [-0.25, -0.2) is 0 Å². The molecule has 0 bridgehead atoms. The number of hydrogen-bond acceptors (Lipinski definition) is 2. The Kier molecular flexibility index (Phi) is 4.89. The van der Waals surface area contributed by atoms with Gasteiger partial charge in [0.15, 0.2) is 0 Å². The molecule has 0 amide bonds. The van der Waals surface area contributed by atoms with Crippen LogP contribution in [0.2, 0.25) is 0 Å². The summed E-state index contributed by atoms with van der Waals surface area (Å²) in [5.74, 6) is 0. The van der Waals surface area contributed by atoms with Crippen LogP contribution in [0.25, 0.3) is 0 Å². The fourth-order valence-electron chi connectivity index (χ4n) is 1.01. The Bertz CT molecular complexity index is 124. The first-order chi connectivity index (χ1) is 5.08. The lowest BCUT2D eigenvalue weighted by molar-refractivity contribution is -0.163. The smallest absolute Gasteiger partial charge is 0.375 e. The zero-order chi connectivity index (χ0) is 8.32. The minimum absolute atomic E-state index is 0. The predicted molar refractivity (Wildman–Crippen MR) is 40.5 cm³/mol. The van der Waals surface area contributed by atoms with Gasteiger partial charge in [0.25, 0.3) is 0 Å². The molecule has 0 aromatic carbocycles. The molecule has 1 saturated heterocycles. The maximum Gasteiger partial charge on any atom is 0.391 e. The van der Waals surface area contributed by atoms with E-state index < -0.39 is 18.7 Å². The Labute approximate surface area is 74.9 Å². The molecule has 0 aromatic rings. The van der Waals surface area contributed by atoms with Gasteiger partial charge in [0.1, 0.15) is 0 Å². The molecule has 1 heterocycles. The van der Waals surface area contributed by atoms with E-state index in [2.05, 4.69) is 5.32 Å². The van der Waals surface area contributed by atoms with Crippen molar-refractivity contribution in [1.29, 1.82) is 0 Å². The van der Waals surface area contributed by atoms with Crippen LogP contribution in [0.4, 0.5) is 13.2 Å². The second-order valence-corrected chi connectivity index (χ2v) is 2.52. The summed E-state index contributed by atoms with van der Waals surface area (Å²) in [4.78, 5) is 0. The molecule has 2 nitrogen and oxygen atoms in total. The highest BCUT2D eigenvalue weighted by Gasteiger charge is 2.32. The van der Waals surface area contributed by atoms with E-state index in [9.17, 15) is 13.2 Å². The Morgan fingerprint density at radius 3 is 2.50 bits per heavy atom. The molecule has 1 rings (SSSR count). The molecule has 0 aliphatic carbocycles. The molecule has 0 aromatic heterocycles. The van der Waals surface area contributed by atoms with Crippen LogP contribution in [0.3, 0.4) is 0 Å². The molecule has 0 spiro atoms. The first-order valence-electron chi connectivity index (χ1n) is 3.47. The van der Waals surface area contributed by atoms with Crippen molar-refractivity contribution in [2.24, 2.45) is 0 Å². The summed E-state index contributed by atoms with van der Waals surface area (Å²) in [6.45, 7) is 1.33. The zero-order valence-electron chi connectivity index (χ0n) is 6.36. The quantitative estimate of drug-likeness (QED) is 0.698. The van der Waals surface area contributed by atoms with Gasteiger partial charge in [0.05, 0.1) is 19.1 Å². The number of halogens is 4. The molecule has 12 heavy (non-hydrogen) atoms. The van der Waals surface area contributed by atoms with Gasteiger partial charge in [-0.1, -0.05) is 0 Å². The average molecular weight is 206 g/mol. The van der Waals surface area contributed by atoms with Crippen LogP contribution >= 0.6 is 12.4 Å². The van der Waals surface area contributed by atoms with E-state index in [-0.39, 0.29) is 12.4 Å². The van der Waals surface area contributed by atoms with Crippen LogP contribution in [0, 0.1) is 0 Å². The number of nitrogens with one attached hydrogen (secondary N) is 1. The fraction of sp³-hybridized carbons (Fsp3) is 1.00. The van der Waals surface area contributed by atoms with Crippen LogP contribution < -0.4 is 5.32 Å². The van der Waals surface area contributed by atoms with E-state index in [1.54, 1.807) is 0 Å². The summed E-state index contributed by atoms with van der Waals surface area (Å²) in [5, 5.41) is 2.83. The van der Waals surface area contributed by atoms with Crippen molar-refractivity contribution in [1.82, 2.24) is 5.32 Å². The molecular weight excluding hydrogens is 195 g/mol. The summed E-state index contributed by atoms with van der Waals surface area (Å²) < 4.78 is 40.1. The predicted octanol–water partition coefficient (Wildman–Crippen LogP) is 1.35. The minimum Gasteiger partial charge on any atom is -0.375 e. The highest BCUT2D eigenvalue weighted by molar-refractivity contribution is 5.85. The van der Waals surface area contributed by atoms with E-state index >= 15 is 0 Å². The Morgan fingerprint density at radius 1 is 1.42 bits per heavy atom. The molecule has 0 radical (unpaired) electrons. The van der Waals surface area contributed by atoms with Gasteiger partial charge in [0.2, 0.25) is 0 Å². The molecule has 1 N–H and O–H groups in total. The summed E-state index contributed by atoms with van der Waals surface area (Å²) >= 11 is 0. The summed E-state index contributed by atoms with van der Waals surface area (Å²) in [7, 11) is 0. The number of morpholine rings is 1. The van der Waals surface area contributed by atoms with E-state index in [0.29, 0.717) is 19.7 Å². The summed E-state index contributed by atoms with van der Waals surface area (Å²) in [5.41, 5.74) is 0. The second kappa shape index (κ2) is 4.89. The lowest BCUT2D eigenvalue weighted by Gasteiger charge is -2.24. The molecule has 6 heteroatoms. The molecule has 0 saturated carbocycles. The van der Waals surface area contributed by atoms with E-state index in [0.717, 1.165) is 0 Å². The molecular formula is C6H11ClF3NO. The lowest BCUT2D eigenvalue weighted by atomic mass is 10.2. The number of hydrogen-bond donors (Lipinski definition) is 1. The molecule has 74 valence electrons. The summed E-state index contributed by atoms with van der Waals surface area (Å²) in [6, 6.07) is 0. The van der Waals surface area contributed by atoms with Crippen molar-refractivity contribution in [3.63, 3.8) is 0 Å². The van der Waals surface area contributed by atoms with Crippen LogP contribution in [0.15, 0.2) is 0 Å². The maximum atomic E-state index is 11.7. The first kappa shape index (κ1) is 12.0. The molecule has 1 aliphatic heterocycles. The number of rotatable bonds is 1. The van der Waals surface area contributed by atoms with Crippen molar-refractivity contribution in [3.8, 4) is 0 Å². The average Bonchev–Trinajstić information content (AvgIpc) is 1.85. The van der Waals surface area contributed by atoms with Crippen molar-refractivity contribution in [2.75, 3.05) is 19.7 Å². The van der Waals surface area contributed by atoms with Crippen LogP contribution in [0.5, 0.6) is 0 Å². The fourth-order valence-corrected chi connectivity index (χ4v) is 1.01. The minimum atomic E-state index is -4.11. The topological polar surface area (TPSA) is 21.3 Å². The van der Waals surface area contributed by atoms with E-state index in [1.807, 2.05) is 0 Å². The van der Waals surface area contributed by atoms with E-state index in [1.165, 1.54) is 0 Å². The molecule has 1 atom stereocenters. The SMILES string of the molecule is Cl.FC(F)(F)CC1CNCCO1. The van der Waals surface area contributed by atoms with Gasteiger partial charge >= 0.3 is 6.18 Å². The van der Waals surface area contributed by atoms with Crippen molar-refractivity contribution in [2.45, 2.75) is 18.7 Å². The van der Waals surface area contributed by atoms with Gasteiger partial charge in [-0.2, -0.15) is 13.2 Å². The van der Waals surface area contributed by atoms with Crippen molar-refractivity contribution >= 4 is 12.4 Å².